The minimum atomic E-state index is 0.782. The molecule has 0 fully saturated rings. The molecule has 0 aliphatic carbocycles. The SMILES string of the molecule is Cc1ccn(Cc2ccoc2)n1. The lowest BCUT2D eigenvalue weighted by Gasteiger charge is -1.95. The van der Waals surface area contributed by atoms with Gasteiger partial charge in [-0.3, -0.25) is 4.68 Å². The maximum atomic E-state index is 4.95. The molecule has 0 unspecified atom stereocenters. The molecule has 0 saturated carbocycles. The Hall–Kier alpha value is -1.51. The van der Waals surface area contributed by atoms with Gasteiger partial charge >= 0.3 is 0 Å². The number of rotatable bonds is 2. The molecule has 0 aliphatic rings. The lowest BCUT2D eigenvalue weighted by atomic mass is 10.3. The fourth-order valence-electron chi connectivity index (χ4n) is 1.12. The summed E-state index contributed by atoms with van der Waals surface area (Å²) in [5, 5.41) is 4.26. The van der Waals surface area contributed by atoms with Gasteiger partial charge in [-0.05, 0) is 19.1 Å². The highest BCUT2D eigenvalue weighted by atomic mass is 16.3. The van der Waals surface area contributed by atoms with Crippen LogP contribution in [-0.4, -0.2) is 9.78 Å². The molecule has 2 aromatic heterocycles. The molecule has 2 aromatic rings. The van der Waals surface area contributed by atoms with Crippen molar-refractivity contribution in [3.8, 4) is 0 Å². The van der Waals surface area contributed by atoms with E-state index < -0.39 is 0 Å². The van der Waals surface area contributed by atoms with Crippen molar-refractivity contribution in [2.45, 2.75) is 13.5 Å². The second kappa shape index (κ2) is 2.85. The predicted octanol–water partition coefficient (Wildman–Crippen LogP) is 1.83. The Morgan fingerprint density at radius 3 is 3.00 bits per heavy atom. The minimum absolute atomic E-state index is 0.782. The number of aromatic nitrogens is 2. The zero-order valence-corrected chi connectivity index (χ0v) is 6.90. The summed E-state index contributed by atoms with van der Waals surface area (Å²) in [7, 11) is 0. The largest absolute Gasteiger partial charge is 0.472 e. The van der Waals surface area contributed by atoms with Crippen LogP contribution >= 0.6 is 0 Å². The number of hydrogen-bond donors (Lipinski definition) is 0. The molecule has 2 heterocycles. The molecule has 62 valence electrons. The van der Waals surface area contributed by atoms with E-state index >= 15 is 0 Å². The van der Waals surface area contributed by atoms with Crippen molar-refractivity contribution in [3.63, 3.8) is 0 Å². The van der Waals surface area contributed by atoms with Crippen LogP contribution in [0.25, 0.3) is 0 Å². The van der Waals surface area contributed by atoms with Crippen LogP contribution in [0.1, 0.15) is 11.3 Å². The van der Waals surface area contributed by atoms with Gasteiger partial charge in [0.25, 0.3) is 0 Å². The van der Waals surface area contributed by atoms with E-state index in [1.54, 1.807) is 12.5 Å². The monoisotopic (exact) mass is 162 g/mol. The maximum Gasteiger partial charge on any atom is 0.0953 e. The first kappa shape index (κ1) is 7.16. The molecule has 0 amide bonds. The normalized spacial score (nSPS) is 10.4. The fraction of sp³-hybridized carbons (Fsp3) is 0.222. The maximum absolute atomic E-state index is 4.95. The summed E-state index contributed by atoms with van der Waals surface area (Å²) >= 11 is 0. The summed E-state index contributed by atoms with van der Waals surface area (Å²) in [5.41, 5.74) is 2.18. The molecule has 0 saturated heterocycles. The highest BCUT2D eigenvalue weighted by Crippen LogP contribution is 2.02. The predicted molar refractivity (Wildman–Crippen MR) is 44.8 cm³/mol. The first-order valence-electron chi connectivity index (χ1n) is 3.86. The average molecular weight is 162 g/mol. The van der Waals surface area contributed by atoms with E-state index in [1.165, 1.54) is 0 Å². The number of furan rings is 1. The van der Waals surface area contributed by atoms with Gasteiger partial charge in [0.2, 0.25) is 0 Å². The van der Waals surface area contributed by atoms with Crippen molar-refractivity contribution in [2.24, 2.45) is 0 Å². The second-order valence-corrected chi connectivity index (χ2v) is 2.79. The topological polar surface area (TPSA) is 31.0 Å². The highest BCUT2D eigenvalue weighted by molar-refractivity contribution is 5.06. The van der Waals surface area contributed by atoms with Crippen LogP contribution in [-0.2, 0) is 6.54 Å². The van der Waals surface area contributed by atoms with Crippen LogP contribution in [0.5, 0.6) is 0 Å². The first-order valence-corrected chi connectivity index (χ1v) is 3.86. The third-order valence-electron chi connectivity index (χ3n) is 1.70. The van der Waals surface area contributed by atoms with Gasteiger partial charge in [-0.25, -0.2) is 0 Å². The van der Waals surface area contributed by atoms with E-state index in [1.807, 2.05) is 29.9 Å². The van der Waals surface area contributed by atoms with Crippen molar-refractivity contribution < 1.29 is 4.42 Å². The van der Waals surface area contributed by atoms with E-state index in [0.717, 1.165) is 17.8 Å². The Kier molecular flexibility index (Phi) is 1.70. The summed E-state index contributed by atoms with van der Waals surface area (Å²) in [4.78, 5) is 0. The van der Waals surface area contributed by atoms with E-state index in [0.29, 0.717) is 0 Å². The van der Waals surface area contributed by atoms with Crippen molar-refractivity contribution in [1.29, 1.82) is 0 Å². The van der Waals surface area contributed by atoms with Crippen molar-refractivity contribution >= 4 is 0 Å². The summed E-state index contributed by atoms with van der Waals surface area (Å²) in [6, 6.07) is 3.93. The number of nitrogens with zero attached hydrogens (tertiary/aromatic N) is 2. The lowest BCUT2D eigenvalue weighted by molar-refractivity contribution is 0.559. The Bertz CT molecular complexity index is 348. The first-order chi connectivity index (χ1) is 5.84. The zero-order chi connectivity index (χ0) is 8.39. The Balaban J connectivity index is 2.14. The molecule has 0 N–H and O–H groups in total. The fourth-order valence-corrected chi connectivity index (χ4v) is 1.12. The van der Waals surface area contributed by atoms with Gasteiger partial charge in [-0.15, -0.1) is 0 Å². The highest BCUT2D eigenvalue weighted by Gasteiger charge is 1.96. The minimum Gasteiger partial charge on any atom is -0.472 e. The molecule has 2 rings (SSSR count). The Labute approximate surface area is 70.6 Å². The molecule has 12 heavy (non-hydrogen) atoms. The van der Waals surface area contributed by atoms with Gasteiger partial charge in [0.1, 0.15) is 0 Å². The quantitative estimate of drug-likeness (QED) is 0.674. The molecule has 3 heteroatoms. The molecule has 0 spiro atoms. The number of hydrogen-bond acceptors (Lipinski definition) is 2. The summed E-state index contributed by atoms with van der Waals surface area (Å²) < 4.78 is 6.84. The molecule has 0 atom stereocenters. The van der Waals surface area contributed by atoms with E-state index in [4.69, 9.17) is 4.42 Å². The van der Waals surface area contributed by atoms with E-state index in [-0.39, 0.29) is 0 Å². The molecule has 0 aromatic carbocycles. The molecule has 3 nitrogen and oxygen atoms in total. The zero-order valence-electron chi connectivity index (χ0n) is 6.90. The van der Waals surface area contributed by atoms with Crippen LogP contribution in [0.3, 0.4) is 0 Å². The van der Waals surface area contributed by atoms with Gasteiger partial charge in [-0.1, -0.05) is 0 Å². The molecule has 0 radical (unpaired) electrons. The van der Waals surface area contributed by atoms with Crippen molar-refractivity contribution in [1.82, 2.24) is 9.78 Å². The smallest absolute Gasteiger partial charge is 0.0953 e. The van der Waals surface area contributed by atoms with Crippen molar-refractivity contribution in [3.05, 3.63) is 42.1 Å². The van der Waals surface area contributed by atoms with E-state index in [9.17, 15) is 0 Å². The van der Waals surface area contributed by atoms with Crippen LogP contribution in [0.4, 0.5) is 0 Å². The van der Waals surface area contributed by atoms with Gasteiger partial charge in [0.05, 0.1) is 24.8 Å². The van der Waals surface area contributed by atoms with Crippen LogP contribution in [0.2, 0.25) is 0 Å². The van der Waals surface area contributed by atoms with E-state index in [2.05, 4.69) is 5.10 Å². The summed E-state index contributed by atoms with van der Waals surface area (Å²) in [5.74, 6) is 0. The van der Waals surface area contributed by atoms with Crippen LogP contribution in [0, 0.1) is 6.92 Å². The Morgan fingerprint density at radius 1 is 1.50 bits per heavy atom. The van der Waals surface area contributed by atoms with Gasteiger partial charge in [0, 0.05) is 11.8 Å². The lowest BCUT2D eigenvalue weighted by Crippen LogP contribution is -1.98. The average Bonchev–Trinajstić information content (AvgIpc) is 2.63. The van der Waals surface area contributed by atoms with Crippen molar-refractivity contribution in [2.75, 3.05) is 0 Å². The van der Waals surface area contributed by atoms with Crippen LogP contribution < -0.4 is 0 Å². The molecule has 0 bridgehead atoms. The third kappa shape index (κ3) is 1.39. The van der Waals surface area contributed by atoms with Crippen LogP contribution in [0.15, 0.2) is 35.3 Å². The Morgan fingerprint density at radius 2 is 2.42 bits per heavy atom. The molecular formula is C9H10N2O. The third-order valence-corrected chi connectivity index (χ3v) is 1.70. The number of aryl methyl sites for hydroxylation is 1. The summed E-state index contributed by atoms with van der Waals surface area (Å²) in [6.07, 6.45) is 5.37. The van der Waals surface area contributed by atoms with Gasteiger partial charge in [0.15, 0.2) is 0 Å². The summed E-state index contributed by atoms with van der Waals surface area (Å²) in [6.45, 7) is 2.76. The van der Waals surface area contributed by atoms with Gasteiger partial charge < -0.3 is 4.42 Å². The standard InChI is InChI=1S/C9H10N2O/c1-8-2-4-11(10-8)6-9-3-5-12-7-9/h2-5,7H,6H2,1H3. The molecular weight excluding hydrogens is 152 g/mol. The molecule has 0 aliphatic heterocycles. The second-order valence-electron chi connectivity index (χ2n) is 2.79. The van der Waals surface area contributed by atoms with Gasteiger partial charge in [-0.2, -0.15) is 5.10 Å².